The van der Waals surface area contributed by atoms with Gasteiger partial charge in [0.05, 0.1) is 35.5 Å². The van der Waals surface area contributed by atoms with Crippen molar-refractivity contribution in [3.63, 3.8) is 0 Å². The molecule has 2 atom stereocenters. The number of carbonyl (C=O) groups is 2. The maximum Gasteiger partial charge on any atom is 0.332 e. The van der Waals surface area contributed by atoms with Crippen LogP contribution in [0.3, 0.4) is 0 Å². The molecule has 3 aromatic carbocycles. The number of halogens is 1. The van der Waals surface area contributed by atoms with Crippen LogP contribution >= 0.6 is 0 Å². The van der Waals surface area contributed by atoms with Crippen LogP contribution in [0.25, 0.3) is 11.0 Å². The first-order chi connectivity index (χ1) is 30.0. The normalized spacial score (nSPS) is 21.5. The Bertz CT molecular complexity index is 2700. The molecule has 17 heteroatoms. The Morgan fingerprint density at radius 3 is 2.55 bits per heavy atom. The molecule has 1 unspecified atom stereocenters. The molecule has 0 bridgehead atoms. The van der Waals surface area contributed by atoms with Gasteiger partial charge in [-0.15, -0.1) is 0 Å². The van der Waals surface area contributed by atoms with E-state index in [0.29, 0.717) is 65.1 Å². The summed E-state index contributed by atoms with van der Waals surface area (Å²) >= 11 is 0. The molecule has 2 amide bonds. The topological polar surface area (TPSA) is 159 Å². The minimum Gasteiger partial charge on any atom is -0.494 e. The van der Waals surface area contributed by atoms with Crippen molar-refractivity contribution in [1.82, 2.24) is 25.2 Å². The van der Waals surface area contributed by atoms with Crippen molar-refractivity contribution in [1.29, 1.82) is 0 Å². The largest absolute Gasteiger partial charge is 0.494 e. The van der Waals surface area contributed by atoms with E-state index >= 15 is 4.39 Å². The fourth-order valence-corrected chi connectivity index (χ4v) is 11.9. The number of nitrogens with one attached hydrogen (secondary N) is 3. The number of aryl methyl sites for hydroxylation is 1. The third-order valence-electron chi connectivity index (χ3n) is 13.5. The van der Waals surface area contributed by atoms with Crippen molar-refractivity contribution in [2.75, 3.05) is 76.7 Å². The number of aromatic amines is 1. The van der Waals surface area contributed by atoms with Crippen molar-refractivity contribution in [3.8, 4) is 5.75 Å². The second kappa shape index (κ2) is 15.8. The lowest BCUT2D eigenvalue weighted by molar-refractivity contribution is -0.134. The molecule has 5 aliphatic heterocycles. The zero-order chi connectivity index (χ0) is 42.9. The SMILES string of the molecule is COc1cc(N2CCN(CCC3CCN(c4ccc(C5CCC(=O)NC5=O)c(F)c4)CC3)[C@H](C)C2)c(C)cc1Nc1nc(N2c3cccc4c3N(CC4)S2(=O)=O)c2cc[nH]c2n1. The number of benzene rings is 3. The van der Waals surface area contributed by atoms with E-state index in [1.54, 1.807) is 31.5 Å². The van der Waals surface area contributed by atoms with E-state index in [1.807, 2.05) is 30.3 Å². The number of rotatable bonds is 10. The number of para-hydroxylation sites is 1. The fourth-order valence-electron chi connectivity index (χ4n) is 10.1. The lowest BCUT2D eigenvalue weighted by atomic mass is 9.89. The highest BCUT2D eigenvalue weighted by molar-refractivity contribution is 7.95. The third kappa shape index (κ3) is 7.04. The number of nitrogens with zero attached hydrogens (tertiary/aromatic N) is 7. The Morgan fingerprint density at radius 1 is 0.935 bits per heavy atom. The number of ether oxygens (including phenoxy) is 1. The molecule has 324 valence electrons. The van der Waals surface area contributed by atoms with Crippen LogP contribution in [-0.2, 0) is 26.2 Å². The summed E-state index contributed by atoms with van der Waals surface area (Å²) in [6.07, 6.45) is 6.17. The average Bonchev–Trinajstić information content (AvgIpc) is 3.98. The third-order valence-corrected chi connectivity index (χ3v) is 15.3. The molecule has 10 rings (SSSR count). The smallest absolute Gasteiger partial charge is 0.332 e. The number of imide groups is 1. The van der Waals surface area contributed by atoms with Gasteiger partial charge in [0.2, 0.25) is 17.8 Å². The molecule has 5 aromatic rings. The maximum atomic E-state index is 15.2. The van der Waals surface area contributed by atoms with Crippen LogP contribution < -0.4 is 33.8 Å². The van der Waals surface area contributed by atoms with Gasteiger partial charge in [-0.05, 0) is 99.9 Å². The molecule has 0 aliphatic carbocycles. The highest BCUT2D eigenvalue weighted by Gasteiger charge is 2.46. The van der Waals surface area contributed by atoms with Gasteiger partial charge >= 0.3 is 10.2 Å². The summed E-state index contributed by atoms with van der Waals surface area (Å²) in [6, 6.07) is 17.1. The van der Waals surface area contributed by atoms with Gasteiger partial charge in [0.15, 0.2) is 5.82 Å². The number of anilines is 7. The number of carbonyl (C=O) groups excluding carboxylic acids is 2. The fraction of sp³-hybridized carbons (Fsp3) is 0.422. The van der Waals surface area contributed by atoms with Gasteiger partial charge in [-0.25, -0.2) is 8.70 Å². The molecular formula is C45H51FN10O5S. The Morgan fingerprint density at radius 2 is 1.77 bits per heavy atom. The van der Waals surface area contributed by atoms with Gasteiger partial charge in [0.1, 0.15) is 17.2 Å². The van der Waals surface area contributed by atoms with Gasteiger partial charge in [-0.3, -0.25) is 24.1 Å². The quantitative estimate of drug-likeness (QED) is 0.136. The van der Waals surface area contributed by atoms with Crippen LogP contribution in [0, 0.1) is 18.7 Å². The highest BCUT2D eigenvalue weighted by Crippen LogP contribution is 2.51. The van der Waals surface area contributed by atoms with Gasteiger partial charge in [-0.1, -0.05) is 18.2 Å². The number of methoxy groups -OCH3 is 1. The number of amides is 2. The summed E-state index contributed by atoms with van der Waals surface area (Å²) in [7, 11) is -2.26. The lowest BCUT2D eigenvalue weighted by Crippen LogP contribution is -2.52. The van der Waals surface area contributed by atoms with Crippen molar-refractivity contribution >= 4 is 73.3 Å². The van der Waals surface area contributed by atoms with Gasteiger partial charge in [0, 0.05) is 80.9 Å². The number of fused-ring (bicyclic) bond motifs is 1. The second-order valence-corrected chi connectivity index (χ2v) is 18.9. The molecule has 7 heterocycles. The molecule has 15 nitrogen and oxygen atoms in total. The molecule has 0 spiro atoms. The van der Waals surface area contributed by atoms with E-state index in [-0.39, 0.29) is 24.1 Å². The summed E-state index contributed by atoms with van der Waals surface area (Å²) < 4.78 is 51.9. The van der Waals surface area contributed by atoms with Crippen LogP contribution in [0.5, 0.6) is 5.75 Å². The van der Waals surface area contributed by atoms with Crippen molar-refractivity contribution < 1.29 is 27.1 Å². The molecule has 2 aromatic heterocycles. The predicted octanol–water partition coefficient (Wildman–Crippen LogP) is 6.25. The summed E-state index contributed by atoms with van der Waals surface area (Å²) in [6.45, 7) is 10.2. The number of hydrogen-bond donors (Lipinski definition) is 3. The van der Waals surface area contributed by atoms with Gasteiger partial charge in [0.25, 0.3) is 0 Å². The lowest BCUT2D eigenvalue weighted by Gasteiger charge is -2.42. The van der Waals surface area contributed by atoms with E-state index in [0.717, 1.165) is 86.7 Å². The molecule has 0 saturated carbocycles. The van der Waals surface area contributed by atoms with Crippen LogP contribution in [0.4, 0.5) is 44.6 Å². The highest BCUT2D eigenvalue weighted by atomic mass is 32.2. The van der Waals surface area contributed by atoms with Gasteiger partial charge < -0.3 is 24.8 Å². The molecular weight excluding hydrogens is 812 g/mol. The molecule has 3 N–H and O–H groups in total. The number of piperidine rings is 2. The molecule has 3 saturated heterocycles. The van der Waals surface area contributed by atoms with Crippen LogP contribution in [0.15, 0.2) is 60.8 Å². The Labute approximate surface area is 360 Å². The van der Waals surface area contributed by atoms with Crippen molar-refractivity contribution in [2.24, 2.45) is 5.92 Å². The molecule has 3 fully saturated rings. The molecule has 0 radical (unpaired) electrons. The first-order valence-electron chi connectivity index (χ1n) is 21.6. The van der Waals surface area contributed by atoms with Crippen molar-refractivity contribution in [2.45, 2.75) is 64.3 Å². The second-order valence-electron chi connectivity index (χ2n) is 17.2. The summed E-state index contributed by atoms with van der Waals surface area (Å²) in [5.74, 6) is -0.00503. The Balaban J connectivity index is 0.769. The van der Waals surface area contributed by atoms with E-state index in [1.165, 1.54) is 8.61 Å². The minimum absolute atomic E-state index is 0.224. The van der Waals surface area contributed by atoms with Crippen molar-refractivity contribution in [3.05, 3.63) is 83.3 Å². The van der Waals surface area contributed by atoms with E-state index in [9.17, 15) is 18.0 Å². The minimum atomic E-state index is -3.90. The number of piperazine rings is 1. The number of aromatic nitrogens is 3. The van der Waals surface area contributed by atoms with E-state index in [4.69, 9.17) is 14.7 Å². The first kappa shape index (κ1) is 40.2. The summed E-state index contributed by atoms with van der Waals surface area (Å²) in [5.41, 5.74) is 6.86. The Kier molecular flexibility index (Phi) is 10.2. The molecule has 5 aliphatic rings. The zero-order valence-electron chi connectivity index (χ0n) is 35.2. The molecule has 62 heavy (non-hydrogen) atoms. The standard InChI is InChI=1S/C45H51FN10O5S/c1-27-23-36(48-45-50-42-34(11-16-47-42)43(51-45)56-37-6-4-5-30-15-20-55(41(30)37)62(56,59)60)39(61-3)25-38(27)54-22-21-52(28(2)26-54)17-12-29-13-18-53(19-14-29)31-7-8-32(35(46)24-31)33-9-10-40(57)49-44(33)58/h4-8,11,16,23-25,28-29,33H,9-10,12-15,17-22,26H2,1-3H3,(H,49,57,58)(H2,47,48,50,51)/t28-,33?/m1/s1. The summed E-state index contributed by atoms with van der Waals surface area (Å²) in [5, 5.41) is 6.28. The maximum absolute atomic E-state index is 15.2. The summed E-state index contributed by atoms with van der Waals surface area (Å²) in [4.78, 5) is 43.8. The van der Waals surface area contributed by atoms with E-state index < -0.39 is 27.9 Å². The monoisotopic (exact) mass is 862 g/mol. The van der Waals surface area contributed by atoms with Crippen LogP contribution in [0.2, 0.25) is 0 Å². The van der Waals surface area contributed by atoms with E-state index in [2.05, 4.69) is 50.2 Å². The predicted molar refractivity (Wildman–Crippen MR) is 238 cm³/mol. The van der Waals surface area contributed by atoms with Crippen LogP contribution in [-0.4, -0.2) is 99.0 Å². The van der Waals surface area contributed by atoms with Gasteiger partial charge in [-0.2, -0.15) is 18.4 Å². The number of hydrogen-bond acceptors (Lipinski definition) is 11. The Hall–Kier alpha value is -5.94. The average molecular weight is 863 g/mol. The van der Waals surface area contributed by atoms with Crippen LogP contribution in [0.1, 0.15) is 61.6 Å². The number of H-pyrrole nitrogens is 1. The zero-order valence-corrected chi connectivity index (χ0v) is 36.0. The first-order valence-corrected chi connectivity index (χ1v) is 23.0.